The lowest BCUT2D eigenvalue weighted by molar-refractivity contribution is -0.133. The maximum Gasteiger partial charge on any atom is 0.248 e. The molecule has 15 aromatic rings. The number of methoxy groups -OCH3 is 1. The van der Waals surface area contributed by atoms with Gasteiger partial charge in [-0.25, -0.2) is 19.9 Å². The molecule has 4 atom stereocenters. The van der Waals surface area contributed by atoms with Crippen molar-refractivity contribution in [2.45, 2.75) is 123 Å². The standard InChI is InChI=1S/C30H33ClN6O2.C30H34ClN5O2.C28H31ClN6O.C27H35ClN6O2/c1-19(2)34-18-26(20-6-8-23(31)9-7-20)30(39)37-14-12-36(13-15-37)27-24-10-11-33-29(24)35-17-25(27)21-4-3-5-22(16-21)28(32)38;1-20(2)33-19-27(22-4-8-23(31)9-5-22)30(37)36-16-14-35(15-17-36)28-25-12-13-32-29(25)34-18-26(28)21-6-10-24(38-3)11-7-21;1-19(2)32-18-25(20-5-7-22(29)8-6-20)28(36)35-14-12-34(13-15-35)26-23-9-11-31-27(23)33-17-24(26)21-4-3-10-30-16-21;1-4-5-24(35)32-22-17-31-26-25(22)23(10-11-29-26)33-12-14-34(15-13-33)27(36)21(16-30-18(2)3)19-6-8-20(28)9-7-19/h3-11,16-17,19,26,34H,12-15,18H2,1-2H3,(H2,32,38)(H,33,35);4-13,18,20,27,33H,14-17,19H2,1-3H3,(H,32,34);3-11,16-17,19,25,32H,12-15,18H2,1-2H3,(H,31,33);6-11,17-18,21,30H,4-5,12-16H2,1-3H3,(H,29,31)(H,32,35)/t26-;27-;25-;21-/m1111/s1. The normalized spacial score (nSPS) is 14.8. The maximum absolute atomic E-state index is 13.8. The number of piperazine rings is 4. The number of pyridine rings is 5. The van der Waals surface area contributed by atoms with E-state index in [1.807, 2.05) is 209 Å². The molecule has 0 spiro atoms. The number of hydrogen-bond acceptors (Lipinski definition) is 20. The molecule has 34 heteroatoms. The van der Waals surface area contributed by atoms with Crippen molar-refractivity contribution in [1.82, 2.24) is 85.7 Å². The molecule has 4 aliphatic heterocycles. The Bertz CT molecular complexity index is 7020. The summed E-state index contributed by atoms with van der Waals surface area (Å²) in [6.45, 7) is 31.8. The highest BCUT2D eigenvalue weighted by atomic mass is 35.5. The molecule has 11 N–H and O–H groups in total. The minimum atomic E-state index is -0.469. The number of benzene rings is 6. The van der Waals surface area contributed by atoms with Crippen LogP contribution >= 0.6 is 46.4 Å². The molecule has 4 aliphatic rings. The molecule has 30 nitrogen and oxygen atoms in total. The second kappa shape index (κ2) is 50.8. The number of aromatic amines is 4. The fourth-order valence-corrected chi connectivity index (χ4v) is 20.2. The summed E-state index contributed by atoms with van der Waals surface area (Å²) in [5, 5.41) is 23.5. The van der Waals surface area contributed by atoms with Gasteiger partial charge in [0.05, 0.1) is 64.6 Å². The molecule has 0 aliphatic carbocycles. The highest BCUT2D eigenvalue weighted by molar-refractivity contribution is 6.31. The number of carbonyl (C=O) groups is 6. The lowest BCUT2D eigenvalue weighted by atomic mass is 9.96. The van der Waals surface area contributed by atoms with Crippen molar-refractivity contribution in [1.29, 1.82) is 0 Å². The molecule has 4 fully saturated rings. The van der Waals surface area contributed by atoms with Crippen molar-refractivity contribution in [3.63, 3.8) is 0 Å². The lowest BCUT2D eigenvalue weighted by Gasteiger charge is -2.38. The number of nitrogens with one attached hydrogen (secondary N) is 9. The molecule has 0 radical (unpaired) electrons. The molecule has 0 saturated carbocycles. The van der Waals surface area contributed by atoms with Crippen LogP contribution in [0, 0.1) is 0 Å². The van der Waals surface area contributed by atoms with Gasteiger partial charge in [-0.05, 0) is 143 Å². The number of nitrogens with two attached hydrogens (primary N) is 1. The molecule has 6 amide bonds. The number of halogens is 4. The third kappa shape index (κ3) is 26.9. The van der Waals surface area contributed by atoms with Crippen molar-refractivity contribution >= 4 is 154 Å². The first kappa shape index (κ1) is 108. The number of aromatic nitrogens is 9. The average Bonchev–Trinajstić information content (AvgIpc) is 1.69. The van der Waals surface area contributed by atoms with Crippen LogP contribution in [0.25, 0.3) is 77.5 Å². The van der Waals surface area contributed by atoms with E-state index in [0.717, 1.165) is 167 Å². The van der Waals surface area contributed by atoms with Gasteiger partial charge >= 0.3 is 0 Å². The first-order chi connectivity index (χ1) is 72.1. The number of hydrogen-bond donors (Lipinski definition) is 10. The van der Waals surface area contributed by atoms with Crippen LogP contribution in [0.15, 0.2) is 244 Å². The number of carbonyl (C=O) groups excluding carboxylic acids is 6. The van der Waals surface area contributed by atoms with Gasteiger partial charge in [0.2, 0.25) is 35.4 Å². The molecular weight excluding hydrogens is 1960 g/mol. The van der Waals surface area contributed by atoms with Gasteiger partial charge < -0.3 is 96.2 Å². The maximum atomic E-state index is 13.8. The van der Waals surface area contributed by atoms with Gasteiger partial charge in [0.15, 0.2) is 0 Å². The Labute approximate surface area is 890 Å². The van der Waals surface area contributed by atoms with Gasteiger partial charge in [-0.3, -0.25) is 33.8 Å². The van der Waals surface area contributed by atoms with E-state index >= 15 is 0 Å². The number of anilines is 5. The Balaban J connectivity index is 0.000000142. The fourth-order valence-electron chi connectivity index (χ4n) is 19.7. The van der Waals surface area contributed by atoms with Crippen LogP contribution in [0.5, 0.6) is 5.75 Å². The Morgan fingerprint density at radius 3 is 1.08 bits per heavy atom. The van der Waals surface area contributed by atoms with Gasteiger partial charge in [-0.1, -0.05) is 188 Å². The minimum absolute atomic E-state index is 0.00753. The SMILES string of the molecule is CC(C)NC[C@@H](C(=O)N1CCN(c2c(-c3cccc(C(N)=O)c3)cnc3[nH]ccc23)CC1)c1ccc(Cl)cc1.CC(C)NC[C@@H](C(=O)N1CCN(c2c(-c3cccnc3)cnc3[nH]ccc23)CC1)c1ccc(Cl)cc1.CCCC(=O)Nc1c[nH]c2nccc(N3CCN(C(=O)[C@H](CNC(C)C)c4ccc(Cl)cc4)CC3)c12.COc1ccc(-c2cnc3[nH]ccc3c2N2CCN(C(=O)[C@H](CNC(C)C)c3ccc(Cl)cc3)CC2)cc1. The Morgan fingerprint density at radius 1 is 0.383 bits per heavy atom. The number of amides is 6. The molecule has 0 bridgehead atoms. The lowest BCUT2D eigenvalue weighted by Crippen LogP contribution is -2.51. The molecule has 9 aromatic heterocycles. The number of nitrogens with zero attached hydrogens (tertiary/aromatic N) is 13. The van der Waals surface area contributed by atoms with Crippen molar-refractivity contribution < 1.29 is 33.5 Å². The number of fused-ring (bicyclic) bond motifs is 4. The largest absolute Gasteiger partial charge is 0.497 e. The van der Waals surface area contributed by atoms with Crippen LogP contribution in [0.2, 0.25) is 20.1 Å². The summed E-state index contributed by atoms with van der Waals surface area (Å²) in [7, 11) is 1.67. The van der Waals surface area contributed by atoms with Gasteiger partial charge in [-0.2, -0.15) is 0 Å². The molecule has 149 heavy (non-hydrogen) atoms. The van der Waals surface area contributed by atoms with E-state index in [0.29, 0.717) is 149 Å². The number of rotatable bonds is 32. The highest BCUT2D eigenvalue weighted by Crippen LogP contribution is 2.43. The summed E-state index contributed by atoms with van der Waals surface area (Å²) in [5.74, 6) is -0.186. The van der Waals surface area contributed by atoms with E-state index in [1.54, 1.807) is 37.8 Å². The smallest absolute Gasteiger partial charge is 0.248 e. The van der Waals surface area contributed by atoms with E-state index in [-0.39, 0.29) is 65.3 Å². The topological polar surface area (TPSA) is 351 Å². The Morgan fingerprint density at radius 2 is 0.738 bits per heavy atom. The van der Waals surface area contributed by atoms with Crippen LogP contribution < -0.4 is 56.7 Å². The van der Waals surface area contributed by atoms with Crippen molar-refractivity contribution in [3.8, 4) is 39.1 Å². The molecule has 778 valence electrons. The third-order valence-corrected chi connectivity index (χ3v) is 28.7. The second-order valence-corrected chi connectivity index (χ2v) is 40.9. The van der Waals surface area contributed by atoms with E-state index in [9.17, 15) is 28.8 Å². The number of ether oxygens (including phenoxy) is 1. The van der Waals surface area contributed by atoms with Crippen LogP contribution in [-0.4, -0.2) is 262 Å². The molecule has 19 rings (SSSR count). The zero-order valence-corrected chi connectivity index (χ0v) is 89.1. The summed E-state index contributed by atoms with van der Waals surface area (Å²) >= 11 is 24.4. The molecule has 4 saturated heterocycles. The van der Waals surface area contributed by atoms with Gasteiger partial charge in [0, 0.05) is 288 Å². The summed E-state index contributed by atoms with van der Waals surface area (Å²) in [6.07, 6.45) is 19.9. The molecule has 6 aromatic carbocycles. The Kier molecular flexibility index (Phi) is 36.8. The van der Waals surface area contributed by atoms with Crippen molar-refractivity contribution in [2.75, 3.05) is 163 Å². The van der Waals surface area contributed by atoms with Crippen LogP contribution in [0.1, 0.15) is 131 Å². The van der Waals surface area contributed by atoms with Gasteiger partial charge in [0.25, 0.3) is 0 Å². The predicted octanol–water partition coefficient (Wildman–Crippen LogP) is 18.8. The first-order valence-electron chi connectivity index (χ1n) is 51.3. The predicted molar refractivity (Wildman–Crippen MR) is 602 cm³/mol. The van der Waals surface area contributed by atoms with Crippen molar-refractivity contribution in [2.24, 2.45) is 5.73 Å². The monoisotopic (exact) mass is 2090 g/mol. The number of primary amides is 1. The summed E-state index contributed by atoms with van der Waals surface area (Å²) in [4.78, 5) is 132. The van der Waals surface area contributed by atoms with Crippen molar-refractivity contribution in [3.05, 3.63) is 292 Å². The van der Waals surface area contributed by atoms with E-state index in [1.165, 1.54) is 0 Å². The summed E-state index contributed by atoms with van der Waals surface area (Å²) in [5.41, 5.74) is 24.2. The second-order valence-electron chi connectivity index (χ2n) is 39.2. The average molecular weight is 2090 g/mol. The quantitative estimate of drug-likeness (QED) is 0.0187. The van der Waals surface area contributed by atoms with E-state index in [4.69, 9.17) is 56.9 Å². The minimum Gasteiger partial charge on any atom is -0.497 e. The Hall–Kier alpha value is -14.0. The molecular formula is C115H133Cl4N23O7. The fraction of sp³-hybridized carbons (Fsp3) is 0.348. The highest BCUT2D eigenvalue weighted by Gasteiger charge is 2.37. The third-order valence-electron chi connectivity index (χ3n) is 27.7. The zero-order chi connectivity index (χ0) is 105. The van der Waals surface area contributed by atoms with Gasteiger partial charge in [-0.15, -0.1) is 0 Å². The van der Waals surface area contributed by atoms with E-state index in [2.05, 4.69) is 177 Å². The van der Waals surface area contributed by atoms with Crippen LogP contribution in [0.4, 0.5) is 28.4 Å². The first-order valence-corrected chi connectivity index (χ1v) is 52.8. The number of H-pyrrole nitrogens is 4. The van der Waals surface area contributed by atoms with Crippen LogP contribution in [0.3, 0.4) is 0 Å². The zero-order valence-electron chi connectivity index (χ0n) is 86.0. The van der Waals surface area contributed by atoms with E-state index < -0.39 is 5.91 Å². The summed E-state index contributed by atoms with van der Waals surface area (Å²) < 4.78 is 5.35. The van der Waals surface area contributed by atoms with Crippen LogP contribution in [-0.2, 0) is 24.0 Å². The van der Waals surface area contributed by atoms with Gasteiger partial charge in [0.1, 0.15) is 28.3 Å². The molecule has 0 unspecified atom stereocenters. The molecule has 13 heterocycles. The summed E-state index contributed by atoms with van der Waals surface area (Å²) in [6, 6.07) is 59.1.